The molecular weight excluding hydrogens is 428 g/mol. The zero-order valence-corrected chi connectivity index (χ0v) is 13.1. The van der Waals surface area contributed by atoms with E-state index in [9.17, 15) is 0 Å². The molecule has 0 aliphatic heterocycles. The number of alkyl halides is 4. The highest BCUT2D eigenvalue weighted by molar-refractivity contribution is 9.24. The molecular formula is C9H8Br4. The topological polar surface area (TPSA) is 0 Å². The molecule has 0 spiro atoms. The van der Waals surface area contributed by atoms with E-state index in [0.717, 1.165) is 10.7 Å². The van der Waals surface area contributed by atoms with Crippen LogP contribution in [0.5, 0.6) is 0 Å². The SMILES string of the molecule is BrCc1cc(CBr)cc(C(Br)Br)c1. The molecule has 1 rings (SSSR count). The molecule has 0 radical (unpaired) electrons. The second-order valence-corrected chi connectivity index (χ2v) is 6.83. The minimum atomic E-state index is 0.233. The maximum absolute atomic E-state index is 3.50. The maximum Gasteiger partial charge on any atom is 0.0946 e. The Bertz CT molecular complexity index is 261. The Morgan fingerprint density at radius 2 is 1.38 bits per heavy atom. The van der Waals surface area contributed by atoms with E-state index in [-0.39, 0.29) is 3.74 Å². The fourth-order valence-electron chi connectivity index (χ4n) is 1.07. The predicted octanol–water partition coefficient (Wildman–Crippen LogP) is 5.26. The average molecular weight is 436 g/mol. The molecule has 0 saturated heterocycles. The first kappa shape index (κ1) is 12.2. The Morgan fingerprint density at radius 1 is 0.923 bits per heavy atom. The van der Waals surface area contributed by atoms with E-state index in [0.29, 0.717) is 0 Å². The van der Waals surface area contributed by atoms with E-state index < -0.39 is 0 Å². The summed E-state index contributed by atoms with van der Waals surface area (Å²) in [5, 5.41) is 1.79. The van der Waals surface area contributed by atoms with E-state index in [2.05, 4.69) is 81.9 Å². The summed E-state index contributed by atoms with van der Waals surface area (Å²) >= 11 is 13.9. The third kappa shape index (κ3) is 3.65. The number of rotatable bonds is 3. The fourth-order valence-corrected chi connectivity index (χ4v) is 2.25. The fraction of sp³-hybridized carbons (Fsp3) is 0.333. The summed E-state index contributed by atoms with van der Waals surface area (Å²) in [6.07, 6.45) is 0. The van der Waals surface area contributed by atoms with Crippen LogP contribution < -0.4 is 0 Å². The predicted molar refractivity (Wildman–Crippen MR) is 72.3 cm³/mol. The van der Waals surface area contributed by atoms with Crippen molar-refractivity contribution in [3.63, 3.8) is 0 Å². The lowest BCUT2D eigenvalue weighted by Gasteiger charge is -2.07. The Labute approximate surface area is 112 Å². The minimum absolute atomic E-state index is 0.233. The monoisotopic (exact) mass is 432 g/mol. The van der Waals surface area contributed by atoms with Crippen molar-refractivity contribution in [2.45, 2.75) is 14.4 Å². The van der Waals surface area contributed by atoms with Crippen molar-refractivity contribution < 1.29 is 0 Å². The molecule has 0 amide bonds. The van der Waals surface area contributed by atoms with Gasteiger partial charge in [0.05, 0.1) is 3.74 Å². The molecule has 0 heterocycles. The molecule has 1 aromatic carbocycles. The molecule has 0 bridgehead atoms. The zero-order valence-electron chi connectivity index (χ0n) is 6.74. The Kier molecular flexibility index (Phi) is 5.53. The Balaban J connectivity index is 3.07. The smallest absolute Gasteiger partial charge is 0.0876 e. The van der Waals surface area contributed by atoms with Crippen LogP contribution in [0.25, 0.3) is 0 Å². The van der Waals surface area contributed by atoms with Crippen molar-refractivity contribution in [2.24, 2.45) is 0 Å². The second-order valence-electron chi connectivity index (χ2n) is 2.65. The van der Waals surface area contributed by atoms with Crippen molar-refractivity contribution in [1.29, 1.82) is 0 Å². The van der Waals surface area contributed by atoms with Gasteiger partial charge in [0.1, 0.15) is 0 Å². The highest BCUT2D eigenvalue weighted by Gasteiger charge is 2.05. The van der Waals surface area contributed by atoms with Gasteiger partial charge in [-0.2, -0.15) is 0 Å². The molecule has 0 saturated carbocycles. The first-order valence-corrected chi connectivity index (χ1v) is 7.77. The summed E-state index contributed by atoms with van der Waals surface area (Å²) in [6, 6.07) is 6.54. The molecule has 0 aliphatic rings. The van der Waals surface area contributed by atoms with E-state index >= 15 is 0 Å². The van der Waals surface area contributed by atoms with Crippen LogP contribution in [0.15, 0.2) is 18.2 Å². The van der Waals surface area contributed by atoms with Gasteiger partial charge in [-0.15, -0.1) is 0 Å². The standard InChI is InChI=1S/C9H8Br4/c10-4-6-1-7(5-11)3-8(2-6)9(12)13/h1-3,9H,4-5H2. The summed E-state index contributed by atoms with van der Waals surface area (Å²) in [5.74, 6) is 0. The summed E-state index contributed by atoms with van der Waals surface area (Å²) in [6.45, 7) is 0. The second kappa shape index (κ2) is 5.89. The molecule has 0 nitrogen and oxygen atoms in total. The first-order valence-electron chi connectivity index (χ1n) is 3.70. The number of halogens is 4. The van der Waals surface area contributed by atoms with E-state index in [4.69, 9.17) is 0 Å². The summed E-state index contributed by atoms with van der Waals surface area (Å²) < 4.78 is 0.233. The van der Waals surface area contributed by atoms with Crippen LogP contribution in [-0.2, 0) is 10.7 Å². The largest absolute Gasteiger partial charge is 0.0946 e. The van der Waals surface area contributed by atoms with Gasteiger partial charge in [0.2, 0.25) is 0 Å². The molecule has 72 valence electrons. The van der Waals surface area contributed by atoms with Crippen molar-refractivity contribution in [2.75, 3.05) is 0 Å². The molecule has 13 heavy (non-hydrogen) atoms. The van der Waals surface area contributed by atoms with Crippen LogP contribution in [0.4, 0.5) is 0 Å². The maximum atomic E-state index is 3.50. The van der Waals surface area contributed by atoms with Crippen molar-refractivity contribution >= 4 is 63.7 Å². The lowest BCUT2D eigenvalue weighted by molar-refractivity contribution is 1.28. The van der Waals surface area contributed by atoms with Gasteiger partial charge in [0.25, 0.3) is 0 Å². The molecule has 0 atom stereocenters. The molecule has 0 aliphatic carbocycles. The number of benzene rings is 1. The van der Waals surface area contributed by atoms with Gasteiger partial charge in [-0.1, -0.05) is 81.9 Å². The Hall–Kier alpha value is 1.14. The van der Waals surface area contributed by atoms with Crippen LogP contribution in [0.1, 0.15) is 20.4 Å². The molecule has 4 heteroatoms. The zero-order chi connectivity index (χ0) is 9.84. The first-order chi connectivity index (χ1) is 6.17. The van der Waals surface area contributed by atoms with Gasteiger partial charge < -0.3 is 0 Å². The van der Waals surface area contributed by atoms with Crippen LogP contribution in [0.3, 0.4) is 0 Å². The quantitative estimate of drug-likeness (QED) is 0.568. The highest BCUT2D eigenvalue weighted by Crippen LogP contribution is 2.31. The molecule has 0 aromatic heterocycles. The summed E-state index contributed by atoms with van der Waals surface area (Å²) in [7, 11) is 0. The van der Waals surface area contributed by atoms with Gasteiger partial charge in [-0.3, -0.25) is 0 Å². The van der Waals surface area contributed by atoms with Crippen molar-refractivity contribution in [3.8, 4) is 0 Å². The van der Waals surface area contributed by atoms with Gasteiger partial charge in [0.15, 0.2) is 0 Å². The lowest BCUT2D eigenvalue weighted by atomic mass is 10.1. The van der Waals surface area contributed by atoms with Crippen LogP contribution >= 0.6 is 63.7 Å². The average Bonchev–Trinajstić information content (AvgIpc) is 2.16. The van der Waals surface area contributed by atoms with Gasteiger partial charge in [-0.05, 0) is 16.7 Å². The minimum Gasteiger partial charge on any atom is -0.0876 e. The van der Waals surface area contributed by atoms with Crippen molar-refractivity contribution in [1.82, 2.24) is 0 Å². The third-order valence-electron chi connectivity index (χ3n) is 1.64. The lowest BCUT2D eigenvalue weighted by Crippen LogP contribution is -1.89. The number of hydrogen-bond acceptors (Lipinski definition) is 0. The van der Waals surface area contributed by atoms with Crippen molar-refractivity contribution in [3.05, 3.63) is 34.9 Å². The van der Waals surface area contributed by atoms with Gasteiger partial charge in [0, 0.05) is 10.7 Å². The summed E-state index contributed by atoms with van der Waals surface area (Å²) in [4.78, 5) is 0. The number of hydrogen-bond donors (Lipinski definition) is 0. The van der Waals surface area contributed by atoms with E-state index in [1.165, 1.54) is 16.7 Å². The van der Waals surface area contributed by atoms with Crippen LogP contribution in [0.2, 0.25) is 0 Å². The summed E-state index contributed by atoms with van der Waals surface area (Å²) in [5.41, 5.74) is 3.86. The van der Waals surface area contributed by atoms with Crippen LogP contribution in [0, 0.1) is 0 Å². The molecule has 1 aromatic rings. The normalized spacial score (nSPS) is 10.8. The molecule has 0 fully saturated rings. The molecule has 0 unspecified atom stereocenters. The van der Waals surface area contributed by atoms with Gasteiger partial charge in [-0.25, -0.2) is 0 Å². The Morgan fingerprint density at radius 3 is 1.69 bits per heavy atom. The third-order valence-corrected chi connectivity index (χ3v) is 3.99. The van der Waals surface area contributed by atoms with Crippen LogP contribution in [-0.4, -0.2) is 0 Å². The highest BCUT2D eigenvalue weighted by atomic mass is 79.9. The van der Waals surface area contributed by atoms with Gasteiger partial charge >= 0.3 is 0 Å². The molecule has 0 N–H and O–H groups in total. The van der Waals surface area contributed by atoms with E-state index in [1.807, 2.05) is 0 Å². The van der Waals surface area contributed by atoms with E-state index in [1.54, 1.807) is 0 Å².